The second kappa shape index (κ2) is 2.88. The molecule has 13 heavy (non-hydrogen) atoms. The molecular formula is C8H8ClN3O. The van der Waals surface area contributed by atoms with Gasteiger partial charge in [-0.1, -0.05) is 16.8 Å². The fraction of sp³-hybridized carbons (Fsp3) is 0.250. The molecule has 0 atom stereocenters. The number of aromatic nitrogens is 3. The van der Waals surface area contributed by atoms with Crippen molar-refractivity contribution in [3.63, 3.8) is 0 Å². The molecule has 0 spiro atoms. The predicted molar refractivity (Wildman–Crippen MR) is 48.5 cm³/mol. The molecule has 2 heterocycles. The summed E-state index contributed by atoms with van der Waals surface area (Å²) in [4.78, 5) is 0. The fourth-order valence-corrected chi connectivity index (χ4v) is 1.33. The highest BCUT2D eigenvalue weighted by Crippen LogP contribution is 2.28. The Morgan fingerprint density at radius 2 is 2.31 bits per heavy atom. The van der Waals surface area contributed by atoms with Gasteiger partial charge in [-0.25, -0.2) is 0 Å². The molecule has 0 saturated heterocycles. The lowest BCUT2D eigenvalue weighted by Gasteiger charge is -1.89. The highest BCUT2D eigenvalue weighted by atomic mass is 35.5. The highest BCUT2D eigenvalue weighted by molar-refractivity contribution is 6.33. The van der Waals surface area contributed by atoms with Crippen molar-refractivity contribution in [1.82, 2.24) is 14.9 Å². The van der Waals surface area contributed by atoms with Gasteiger partial charge >= 0.3 is 0 Å². The first-order valence-electron chi connectivity index (χ1n) is 3.80. The van der Waals surface area contributed by atoms with Crippen molar-refractivity contribution in [2.24, 2.45) is 7.05 Å². The van der Waals surface area contributed by atoms with E-state index in [0.29, 0.717) is 16.5 Å². The van der Waals surface area contributed by atoms with Crippen molar-refractivity contribution in [3.05, 3.63) is 23.0 Å². The largest absolute Gasteiger partial charge is 0.355 e. The first kappa shape index (κ1) is 8.31. The fourth-order valence-electron chi connectivity index (χ4n) is 1.08. The lowest BCUT2D eigenvalue weighted by molar-refractivity contribution is 0.430. The molecule has 2 aromatic rings. The summed E-state index contributed by atoms with van der Waals surface area (Å²) in [5.74, 6) is 0.591. The maximum Gasteiger partial charge on any atom is 0.188 e. The van der Waals surface area contributed by atoms with Crippen LogP contribution >= 0.6 is 11.6 Å². The minimum absolute atomic E-state index is 0.591. The van der Waals surface area contributed by atoms with Gasteiger partial charge < -0.3 is 4.52 Å². The minimum atomic E-state index is 0.591. The Balaban J connectivity index is 2.59. The van der Waals surface area contributed by atoms with Crippen LogP contribution in [-0.4, -0.2) is 14.9 Å². The van der Waals surface area contributed by atoms with Crippen molar-refractivity contribution in [3.8, 4) is 11.5 Å². The number of aryl methyl sites for hydroxylation is 1. The van der Waals surface area contributed by atoms with Crippen molar-refractivity contribution in [1.29, 1.82) is 0 Å². The third-order valence-electron chi connectivity index (χ3n) is 1.93. The van der Waals surface area contributed by atoms with Crippen LogP contribution in [0.3, 0.4) is 0 Å². The Bertz CT molecular complexity index is 419. The number of hydrogen-bond acceptors (Lipinski definition) is 3. The van der Waals surface area contributed by atoms with Gasteiger partial charge in [0.2, 0.25) is 0 Å². The van der Waals surface area contributed by atoms with E-state index in [1.54, 1.807) is 16.9 Å². The summed E-state index contributed by atoms with van der Waals surface area (Å²) in [6.45, 7) is 1.90. The Kier molecular flexibility index (Phi) is 1.84. The van der Waals surface area contributed by atoms with E-state index in [9.17, 15) is 0 Å². The van der Waals surface area contributed by atoms with Gasteiger partial charge in [0.1, 0.15) is 5.69 Å². The molecule has 2 rings (SSSR count). The van der Waals surface area contributed by atoms with Gasteiger partial charge in [0.05, 0.1) is 16.9 Å². The summed E-state index contributed by atoms with van der Waals surface area (Å²) in [5.41, 5.74) is 1.55. The molecule has 0 amide bonds. The standard InChI is InChI=1S/C8H8ClN3O/c1-5-7(9)8(11-12(5)2)6-3-4-10-13-6/h3-4H,1-2H3. The Morgan fingerprint density at radius 1 is 1.54 bits per heavy atom. The highest BCUT2D eigenvalue weighted by Gasteiger charge is 2.14. The minimum Gasteiger partial charge on any atom is -0.355 e. The molecule has 0 aliphatic rings. The van der Waals surface area contributed by atoms with Crippen LogP contribution in [0.5, 0.6) is 0 Å². The molecule has 0 aliphatic carbocycles. The van der Waals surface area contributed by atoms with Crippen molar-refractivity contribution in [2.75, 3.05) is 0 Å². The van der Waals surface area contributed by atoms with Gasteiger partial charge in [0, 0.05) is 13.1 Å². The molecule has 0 unspecified atom stereocenters. The van der Waals surface area contributed by atoms with Crippen LogP contribution in [-0.2, 0) is 7.05 Å². The van der Waals surface area contributed by atoms with Crippen molar-refractivity contribution >= 4 is 11.6 Å². The summed E-state index contributed by atoms with van der Waals surface area (Å²) in [6.07, 6.45) is 1.57. The van der Waals surface area contributed by atoms with Crippen LogP contribution in [0.2, 0.25) is 5.02 Å². The molecule has 4 nitrogen and oxygen atoms in total. The summed E-state index contributed by atoms with van der Waals surface area (Å²) in [7, 11) is 1.83. The number of nitrogens with zero attached hydrogens (tertiary/aromatic N) is 3. The molecule has 0 N–H and O–H groups in total. The molecular weight excluding hydrogens is 190 g/mol. The zero-order valence-corrected chi connectivity index (χ0v) is 8.04. The van der Waals surface area contributed by atoms with Crippen molar-refractivity contribution in [2.45, 2.75) is 6.92 Å². The van der Waals surface area contributed by atoms with Gasteiger partial charge in [-0.05, 0) is 6.92 Å². The molecule has 0 radical (unpaired) electrons. The smallest absolute Gasteiger partial charge is 0.188 e. The molecule has 0 bridgehead atoms. The molecule has 2 aromatic heterocycles. The SMILES string of the molecule is Cc1c(Cl)c(-c2ccno2)nn1C. The lowest BCUT2D eigenvalue weighted by atomic mass is 10.3. The van der Waals surface area contributed by atoms with E-state index < -0.39 is 0 Å². The molecule has 0 fully saturated rings. The van der Waals surface area contributed by atoms with E-state index in [2.05, 4.69) is 10.3 Å². The summed E-state index contributed by atoms with van der Waals surface area (Å²) < 4.78 is 6.67. The van der Waals surface area contributed by atoms with Gasteiger partial charge in [-0.15, -0.1) is 0 Å². The predicted octanol–water partition coefficient (Wildman–Crippen LogP) is 2.04. The molecule has 0 aromatic carbocycles. The maximum absolute atomic E-state index is 6.03. The third-order valence-corrected chi connectivity index (χ3v) is 2.38. The van der Waals surface area contributed by atoms with E-state index in [0.717, 1.165) is 5.69 Å². The quantitative estimate of drug-likeness (QED) is 0.703. The van der Waals surface area contributed by atoms with Gasteiger partial charge in [0.25, 0.3) is 0 Å². The van der Waals surface area contributed by atoms with E-state index in [1.807, 2.05) is 14.0 Å². The molecule has 0 aliphatic heterocycles. The van der Waals surface area contributed by atoms with Gasteiger partial charge in [-0.2, -0.15) is 5.10 Å². The lowest BCUT2D eigenvalue weighted by Crippen LogP contribution is -1.92. The zero-order valence-electron chi connectivity index (χ0n) is 7.28. The molecule has 5 heteroatoms. The van der Waals surface area contributed by atoms with E-state index in [1.165, 1.54) is 0 Å². The number of hydrogen-bond donors (Lipinski definition) is 0. The topological polar surface area (TPSA) is 43.9 Å². The maximum atomic E-state index is 6.03. The Hall–Kier alpha value is -1.29. The van der Waals surface area contributed by atoms with Crippen LogP contribution in [0.4, 0.5) is 0 Å². The van der Waals surface area contributed by atoms with E-state index in [-0.39, 0.29) is 0 Å². The summed E-state index contributed by atoms with van der Waals surface area (Å²) in [6, 6.07) is 1.73. The van der Waals surface area contributed by atoms with E-state index >= 15 is 0 Å². The second-order valence-corrected chi connectivity index (χ2v) is 3.13. The van der Waals surface area contributed by atoms with Gasteiger partial charge in [-0.3, -0.25) is 4.68 Å². The number of rotatable bonds is 1. The Morgan fingerprint density at radius 3 is 2.77 bits per heavy atom. The summed E-state index contributed by atoms with van der Waals surface area (Å²) in [5, 5.41) is 8.41. The van der Waals surface area contributed by atoms with Crippen LogP contribution in [0.15, 0.2) is 16.8 Å². The number of halogens is 1. The monoisotopic (exact) mass is 197 g/mol. The van der Waals surface area contributed by atoms with Crippen LogP contribution in [0.25, 0.3) is 11.5 Å². The third kappa shape index (κ3) is 1.23. The first-order chi connectivity index (χ1) is 6.20. The zero-order chi connectivity index (χ0) is 9.42. The van der Waals surface area contributed by atoms with E-state index in [4.69, 9.17) is 16.1 Å². The van der Waals surface area contributed by atoms with Crippen LogP contribution < -0.4 is 0 Å². The first-order valence-corrected chi connectivity index (χ1v) is 4.18. The van der Waals surface area contributed by atoms with Crippen molar-refractivity contribution < 1.29 is 4.52 Å². The second-order valence-electron chi connectivity index (χ2n) is 2.75. The van der Waals surface area contributed by atoms with Gasteiger partial charge in [0.15, 0.2) is 5.76 Å². The van der Waals surface area contributed by atoms with Crippen LogP contribution in [0.1, 0.15) is 5.69 Å². The normalized spacial score (nSPS) is 10.7. The summed E-state index contributed by atoms with van der Waals surface area (Å²) >= 11 is 6.03. The Labute approximate surface area is 80.1 Å². The molecule has 68 valence electrons. The molecule has 0 saturated carbocycles. The average Bonchev–Trinajstić information content (AvgIpc) is 2.70. The van der Waals surface area contributed by atoms with Crippen LogP contribution in [0, 0.1) is 6.92 Å². The average molecular weight is 198 g/mol.